The molecule has 3 unspecified atom stereocenters. The van der Waals surface area contributed by atoms with Crippen LogP contribution in [0.3, 0.4) is 0 Å². The Morgan fingerprint density at radius 2 is 1.86 bits per heavy atom. The van der Waals surface area contributed by atoms with E-state index in [-0.39, 0.29) is 6.10 Å². The molecule has 0 radical (unpaired) electrons. The second-order valence-corrected chi connectivity index (χ2v) is 12.1. The van der Waals surface area contributed by atoms with Crippen molar-refractivity contribution in [1.82, 2.24) is 0 Å². The van der Waals surface area contributed by atoms with Crippen molar-refractivity contribution in [2.75, 3.05) is 0 Å². The third kappa shape index (κ3) is 3.48. The van der Waals surface area contributed by atoms with Crippen LogP contribution < -0.4 is 0 Å². The SMILES string of the molecule is CC(C)=CCC[C@@H](C)C1CCC2C3=C(CC[C@@]21C)[C@@]1(C)CC[C@H](O)C(C)[C@@H]1CC3. The summed E-state index contributed by atoms with van der Waals surface area (Å²) < 4.78 is 0. The number of rotatable bonds is 4. The lowest BCUT2D eigenvalue weighted by Crippen LogP contribution is -2.49. The van der Waals surface area contributed by atoms with Crippen molar-refractivity contribution in [3.63, 3.8) is 0 Å². The molecule has 4 rings (SSSR count). The van der Waals surface area contributed by atoms with E-state index in [1.807, 2.05) is 11.1 Å². The summed E-state index contributed by atoms with van der Waals surface area (Å²) in [6.07, 6.45) is 15.5. The predicted molar refractivity (Wildman–Crippen MR) is 124 cm³/mol. The van der Waals surface area contributed by atoms with Gasteiger partial charge in [0.2, 0.25) is 0 Å². The first kappa shape index (κ1) is 21.7. The van der Waals surface area contributed by atoms with E-state index in [2.05, 4.69) is 47.6 Å². The van der Waals surface area contributed by atoms with Crippen LogP contribution in [0.25, 0.3) is 0 Å². The quantitative estimate of drug-likeness (QED) is 0.481. The summed E-state index contributed by atoms with van der Waals surface area (Å²) in [5.41, 5.74) is 6.15. The van der Waals surface area contributed by atoms with E-state index in [1.165, 1.54) is 63.4 Å². The molecule has 164 valence electrons. The molecular formula is C28H46O. The summed E-state index contributed by atoms with van der Waals surface area (Å²) in [6, 6.07) is 0. The van der Waals surface area contributed by atoms with Gasteiger partial charge in [0.05, 0.1) is 6.10 Å². The highest BCUT2D eigenvalue weighted by atomic mass is 16.3. The van der Waals surface area contributed by atoms with Crippen LogP contribution in [0.5, 0.6) is 0 Å². The van der Waals surface area contributed by atoms with Gasteiger partial charge in [-0.1, -0.05) is 50.5 Å². The van der Waals surface area contributed by atoms with Gasteiger partial charge in [0.15, 0.2) is 0 Å². The van der Waals surface area contributed by atoms with Crippen LogP contribution in [0, 0.1) is 40.4 Å². The topological polar surface area (TPSA) is 20.2 Å². The first-order valence-electron chi connectivity index (χ1n) is 12.7. The van der Waals surface area contributed by atoms with Gasteiger partial charge in [-0.25, -0.2) is 0 Å². The van der Waals surface area contributed by atoms with Gasteiger partial charge in [-0.3, -0.25) is 0 Å². The number of hydrogen-bond acceptors (Lipinski definition) is 1. The normalized spacial score (nSPS) is 45.3. The van der Waals surface area contributed by atoms with Crippen molar-refractivity contribution in [3.05, 3.63) is 22.8 Å². The molecule has 0 spiro atoms. The Morgan fingerprint density at radius 1 is 1.10 bits per heavy atom. The second-order valence-electron chi connectivity index (χ2n) is 12.1. The fraction of sp³-hybridized carbons (Fsp3) is 0.857. The predicted octanol–water partition coefficient (Wildman–Crippen LogP) is 7.70. The van der Waals surface area contributed by atoms with Crippen LogP contribution in [0.15, 0.2) is 22.8 Å². The van der Waals surface area contributed by atoms with E-state index in [0.717, 1.165) is 24.2 Å². The zero-order valence-electron chi connectivity index (χ0n) is 20.1. The van der Waals surface area contributed by atoms with E-state index in [1.54, 1.807) is 0 Å². The highest BCUT2D eigenvalue weighted by molar-refractivity contribution is 5.34. The summed E-state index contributed by atoms with van der Waals surface area (Å²) >= 11 is 0. The van der Waals surface area contributed by atoms with Crippen LogP contribution in [-0.2, 0) is 0 Å². The number of aliphatic hydroxyl groups excluding tert-OH is 1. The van der Waals surface area contributed by atoms with Gasteiger partial charge in [0, 0.05) is 0 Å². The monoisotopic (exact) mass is 398 g/mol. The Kier molecular flexibility index (Phi) is 5.86. The highest BCUT2D eigenvalue weighted by Crippen LogP contribution is 2.66. The minimum atomic E-state index is -0.0680. The molecule has 0 heterocycles. The van der Waals surface area contributed by atoms with Crippen molar-refractivity contribution in [1.29, 1.82) is 0 Å². The average Bonchev–Trinajstić information content (AvgIpc) is 3.02. The van der Waals surface area contributed by atoms with Crippen molar-refractivity contribution in [2.45, 2.75) is 112 Å². The van der Waals surface area contributed by atoms with Gasteiger partial charge >= 0.3 is 0 Å². The molecule has 0 saturated heterocycles. The molecule has 4 aliphatic rings. The standard InChI is InChI=1S/C28H46O/c1-18(2)8-7-9-19(3)22-12-13-24-21-10-11-23-20(4)26(29)15-17-28(23,6)25(21)14-16-27(22,24)5/h8,19-20,22-24,26,29H,7,9-17H2,1-6H3/t19-,20?,22?,23+,24?,26+,27-,28+/m1/s1. The first-order valence-corrected chi connectivity index (χ1v) is 12.7. The molecular weight excluding hydrogens is 352 g/mol. The van der Waals surface area contributed by atoms with Gasteiger partial charge in [-0.2, -0.15) is 0 Å². The fourth-order valence-corrected chi connectivity index (χ4v) is 8.72. The van der Waals surface area contributed by atoms with Gasteiger partial charge < -0.3 is 5.11 Å². The molecule has 0 aromatic heterocycles. The number of hydrogen-bond donors (Lipinski definition) is 1. The summed E-state index contributed by atoms with van der Waals surface area (Å²) in [5, 5.41) is 10.5. The number of aliphatic hydroxyl groups is 1. The summed E-state index contributed by atoms with van der Waals surface area (Å²) in [6.45, 7) is 14.6. The molecule has 1 heteroatoms. The molecule has 1 N–H and O–H groups in total. The molecule has 4 aliphatic carbocycles. The van der Waals surface area contributed by atoms with E-state index in [4.69, 9.17) is 0 Å². The van der Waals surface area contributed by atoms with E-state index >= 15 is 0 Å². The molecule has 0 aromatic carbocycles. The van der Waals surface area contributed by atoms with Gasteiger partial charge in [0.1, 0.15) is 0 Å². The van der Waals surface area contributed by atoms with Crippen LogP contribution >= 0.6 is 0 Å². The van der Waals surface area contributed by atoms with Gasteiger partial charge in [-0.05, 0) is 118 Å². The molecule has 1 nitrogen and oxygen atoms in total. The van der Waals surface area contributed by atoms with Crippen LogP contribution in [0.4, 0.5) is 0 Å². The highest BCUT2D eigenvalue weighted by Gasteiger charge is 2.56. The number of allylic oxidation sites excluding steroid dienone is 4. The molecule has 2 fully saturated rings. The van der Waals surface area contributed by atoms with Crippen LogP contribution in [-0.4, -0.2) is 11.2 Å². The van der Waals surface area contributed by atoms with E-state index in [0.29, 0.717) is 22.7 Å². The fourth-order valence-electron chi connectivity index (χ4n) is 8.72. The van der Waals surface area contributed by atoms with Crippen LogP contribution in [0.2, 0.25) is 0 Å². The van der Waals surface area contributed by atoms with Gasteiger partial charge in [-0.15, -0.1) is 0 Å². The maximum atomic E-state index is 10.5. The molecule has 29 heavy (non-hydrogen) atoms. The third-order valence-electron chi connectivity index (χ3n) is 10.4. The molecule has 0 aliphatic heterocycles. The minimum Gasteiger partial charge on any atom is -0.393 e. The maximum absolute atomic E-state index is 10.5. The Hall–Kier alpha value is -0.560. The summed E-state index contributed by atoms with van der Waals surface area (Å²) in [5.74, 6) is 3.78. The molecule has 0 bridgehead atoms. The van der Waals surface area contributed by atoms with Gasteiger partial charge in [0.25, 0.3) is 0 Å². The lowest BCUT2D eigenvalue weighted by atomic mass is 9.49. The molecule has 2 saturated carbocycles. The largest absolute Gasteiger partial charge is 0.393 e. The maximum Gasteiger partial charge on any atom is 0.0569 e. The zero-order chi connectivity index (χ0) is 21.0. The van der Waals surface area contributed by atoms with Crippen molar-refractivity contribution in [3.8, 4) is 0 Å². The molecule has 8 atom stereocenters. The van der Waals surface area contributed by atoms with Crippen molar-refractivity contribution in [2.24, 2.45) is 40.4 Å². The Morgan fingerprint density at radius 3 is 2.59 bits per heavy atom. The summed E-state index contributed by atoms with van der Waals surface area (Å²) in [7, 11) is 0. The first-order chi connectivity index (χ1) is 13.7. The smallest absolute Gasteiger partial charge is 0.0569 e. The molecule has 0 aromatic rings. The van der Waals surface area contributed by atoms with E-state index < -0.39 is 0 Å². The van der Waals surface area contributed by atoms with Crippen LogP contribution in [0.1, 0.15) is 106 Å². The Labute approximate surface area is 180 Å². The summed E-state index contributed by atoms with van der Waals surface area (Å²) in [4.78, 5) is 0. The third-order valence-corrected chi connectivity index (χ3v) is 10.4. The Bertz CT molecular complexity index is 682. The lowest BCUT2D eigenvalue weighted by molar-refractivity contribution is -0.0336. The van der Waals surface area contributed by atoms with E-state index in [9.17, 15) is 5.11 Å². The average molecular weight is 399 g/mol. The Balaban J connectivity index is 1.57. The molecule has 0 amide bonds. The van der Waals surface area contributed by atoms with Crippen molar-refractivity contribution < 1.29 is 5.11 Å². The minimum absolute atomic E-state index is 0.0680. The lowest BCUT2D eigenvalue weighted by Gasteiger charge is -2.56. The zero-order valence-corrected chi connectivity index (χ0v) is 20.1. The second kappa shape index (κ2) is 7.85. The van der Waals surface area contributed by atoms with Crippen molar-refractivity contribution >= 4 is 0 Å². The number of fused-ring (bicyclic) bond motifs is 4.